The first-order valence-corrected chi connectivity index (χ1v) is 6.61. The van der Waals surface area contributed by atoms with Gasteiger partial charge in [-0.1, -0.05) is 25.1 Å². The number of nitrogens with zero attached hydrogens (tertiary/aromatic N) is 1. The van der Waals surface area contributed by atoms with Gasteiger partial charge in [-0.15, -0.1) is 0 Å². The molecule has 1 atom stereocenters. The molecule has 1 aliphatic heterocycles. The lowest BCUT2D eigenvalue weighted by molar-refractivity contribution is 0.0695. The van der Waals surface area contributed by atoms with E-state index in [-0.39, 0.29) is 0 Å². The van der Waals surface area contributed by atoms with Gasteiger partial charge in [-0.3, -0.25) is 4.90 Å². The van der Waals surface area contributed by atoms with Crippen LogP contribution in [0.3, 0.4) is 0 Å². The zero-order valence-corrected chi connectivity index (χ0v) is 10.9. The molecule has 1 aromatic carbocycles. The number of fused-ring (bicyclic) bond motifs is 1. The Morgan fingerprint density at radius 1 is 1.47 bits per heavy atom. The van der Waals surface area contributed by atoms with Crippen LogP contribution in [0.4, 0.5) is 0 Å². The van der Waals surface area contributed by atoms with Crippen LogP contribution >= 0.6 is 0 Å². The monoisotopic (exact) mass is 259 g/mol. The second-order valence-corrected chi connectivity index (χ2v) is 5.33. The molecule has 1 saturated heterocycles. The van der Waals surface area contributed by atoms with Crippen LogP contribution in [0.5, 0.6) is 0 Å². The van der Waals surface area contributed by atoms with Crippen molar-refractivity contribution in [2.24, 2.45) is 5.92 Å². The lowest BCUT2D eigenvalue weighted by Gasteiger charge is -2.13. The molecule has 4 heteroatoms. The molecular formula is C15H17NO3. The third-order valence-corrected chi connectivity index (χ3v) is 3.76. The zero-order valence-electron chi connectivity index (χ0n) is 10.9. The number of para-hydroxylation sites is 1. The Balaban J connectivity index is 1.98. The molecule has 1 fully saturated rings. The summed E-state index contributed by atoms with van der Waals surface area (Å²) in [5.74, 6) is 0.340. The summed E-state index contributed by atoms with van der Waals surface area (Å²) in [6, 6.07) is 7.32. The molecule has 2 heterocycles. The van der Waals surface area contributed by atoms with E-state index in [9.17, 15) is 9.90 Å². The van der Waals surface area contributed by atoms with Gasteiger partial charge in [0.25, 0.3) is 0 Å². The summed E-state index contributed by atoms with van der Waals surface area (Å²) < 4.78 is 5.74. The first-order valence-electron chi connectivity index (χ1n) is 6.61. The number of hydrogen-bond donors (Lipinski definition) is 1. The highest BCUT2D eigenvalue weighted by molar-refractivity contribution is 6.03. The van der Waals surface area contributed by atoms with Crippen molar-refractivity contribution in [2.45, 2.75) is 19.9 Å². The average molecular weight is 259 g/mol. The molecule has 0 aliphatic carbocycles. The van der Waals surface area contributed by atoms with Gasteiger partial charge in [-0.25, -0.2) is 4.79 Å². The number of carboxylic acids is 1. The molecule has 4 nitrogen and oxygen atoms in total. The zero-order chi connectivity index (χ0) is 13.4. The van der Waals surface area contributed by atoms with E-state index in [4.69, 9.17) is 4.42 Å². The van der Waals surface area contributed by atoms with Gasteiger partial charge in [0.2, 0.25) is 0 Å². The quantitative estimate of drug-likeness (QED) is 0.920. The fourth-order valence-electron chi connectivity index (χ4n) is 2.81. The largest absolute Gasteiger partial charge is 0.478 e. The second-order valence-electron chi connectivity index (χ2n) is 5.33. The number of rotatable bonds is 3. The van der Waals surface area contributed by atoms with Crippen LogP contribution in [-0.4, -0.2) is 29.1 Å². The van der Waals surface area contributed by atoms with Crippen molar-refractivity contribution in [2.75, 3.05) is 13.1 Å². The summed E-state index contributed by atoms with van der Waals surface area (Å²) in [6.07, 6.45) is 1.17. The van der Waals surface area contributed by atoms with Crippen LogP contribution in [0, 0.1) is 5.92 Å². The van der Waals surface area contributed by atoms with Gasteiger partial charge >= 0.3 is 5.97 Å². The van der Waals surface area contributed by atoms with E-state index < -0.39 is 5.97 Å². The van der Waals surface area contributed by atoms with Crippen LogP contribution in [0.15, 0.2) is 28.7 Å². The van der Waals surface area contributed by atoms with E-state index >= 15 is 0 Å². The van der Waals surface area contributed by atoms with Crippen LogP contribution in [0.25, 0.3) is 11.0 Å². The molecule has 0 amide bonds. The first-order chi connectivity index (χ1) is 9.15. The van der Waals surface area contributed by atoms with E-state index in [0.29, 0.717) is 34.8 Å². The fourth-order valence-corrected chi connectivity index (χ4v) is 2.81. The fraction of sp³-hybridized carbons (Fsp3) is 0.400. The molecule has 0 bridgehead atoms. The highest BCUT2D eigenvalue weighted by atomic mass is 16.4. The molecule has 19 heavy (non-hydrogen) atoms. The molecule has 100 valence electrons. The summed E-state index contributed by atoms with van der Waals surface area (Å²) in [5.41, 5.74) is 0.970. The number of carboxylic acid groups (broad SMARTS) is 1. The molecule has 1 N–H and O–H groups in total. The topological polar surface area (TPSA) is 53.7 Å². The average Bonchev–Trinajstić information content (AvgIpc) is 2.92. The molecule has 0 saturated carbocycles. The lowest BCUT2D eigenvalue weighted by atomic mass is 10.1. The van der Waals surface area contributed by atoms with Crippen molar-refractivity contribution in [1.82, 2.24) is 4.90 Å². The highest BCUT2D eigenvalue weighted by Gasteiger charge is 2.25. The number of furan rings is 1. The number of hydrogen-bond acceptors (Lipinski definition) is 3. The Hall–Kier alpha value is -1.81. The van der Waals surface area contributed by atoms with Crippen LogP contribution in [0.2, 0.25) is 0 Å². The van der Waals surface area contributed by atoms with E-state index in [1.165, 1.54) is 6.42 Å². The van der Waals surface area contributed by atoms with Gasteiger partial charge in [0.15, 0.2) is 0 Å². The summed E-state index contributed by atoms with van der Waals surface area (Å²) >= 11 is 0. The Morgan fingerprint density at radius 3 is 2.95 bits per heavy atom. The molecule has 1 unspecified atom stereocenters. The van der Waals surface area contributed by atoms with Gasteiger partial charge in [-0.2, -0.15) is 0 Å². The van der Waals surface area contributed by atoms with Crippen molar-refractivity contribution in [1.29, 1.82) is 0 Å². The van der Waals surface area contributed by atoms with Crippen molar-refractivity contribution < 1.29 is 14.3 Å². The maximum Gasteiger partial charge on any atom is 0.339 e. The molecule has 1 aromatic heterocycles. The van der Waals surface area contributed by atoms with Crippen molar-refractivity contribution in [3.63, 3.8) is 0 Å². The van der Waals surface area contributed by atoms with Gasteiger partial charge in [0.1, 0.15) is 16.9 Å². The van der Waals surface area contributed by atoms with Gasteiger partial charge < -0.3 is 9.52 Å². The lowest BCUT2D eigenvalue weighted by Crippen LogP contribution is -2.20. The third kappa shape index (κ3) is 2.24. The second kappa shape index (κ2) is 4.70. The number of carbonyl (C=O) groups is 1. The standard InChI is InChI=1S/C15H17NO3/c1-10-6-7-16(8-10)9-13-14(15(17)18)11-4-2-3-5-12(11)19-13/h2-5,10H,6-9H2,1H3,(H,17,18). The Bertz CT molecular complexity index is 617. The Morgan fingerprint density at radius 2 is 2.26 bits per heavy atom. The molecule has 0 radical (unpaired) electrons. The SMILES string of the molecule is CC1CCN(Cc2oc3ccccc3c2C(=O)O)C1. The molecule has 0 spiro atoms. The highest BCUT2D eigenvalue weighted by Crippen LogP contribution is 2.28. The number of aromatic carboxylic acids is 1. The summed E-state index contributed by atoms with van der Waals surface area (Å²) in [5, 5.41) is 10.1. The summed E-state index contributed by atoms with van der Waals surface area (Å²) in [6.45, 7) is 4.82. The van der Waals surface area contributed by atoms with E-state index in [0.717, 1.165) is 13.1 Å². The number of likely N-dealkylation sites (tertiary alicyclic amines) is 1. The molecule has 1 aliphatic rings. The summed E-state index contributed by atoms with van der Waals surface area (Å²) in [7, 11) is 0. The van der Waals surface area contributed by atoms with Crippen molar-refractivity contribution in [3.8, 4) is 0 Å². The number of benzene rings is 1. The van der Waals surface area contributed by atoms with E-state index in [1.54, 1.807) is 6.07 Å². The minimum absolute atomic E-state index is 0.315. The minimum Gasteiger partial charge on any atom is -0.478 e. The Kier molecular flexibility index (Phi) is 3.03. The van der Waals surface area contributed by atoms with Gasteiger partial charge in [0.05, 0.1) is 6.54 Å². The molecule has 3 rings (SSSR count). The third-order valence-electron chi connectivity index (χ3n) is 3.76. The predicted octanol–water partition coefficient (Wildman–Crippen LogP) is 2.97. The van der Waals surface area contributed by atoms with Crippen molar-refractivity contribution in [3.05, 3.63) is 35.6 Å². The predicted molar refractivity (Wildman–Crippen MR) is 72.2 cm³/mol. The van der Waals surface area contributed by atoms with Crippen LogP contribution in [0.1, 0.15) is 29.5 Å². The van der Waals surface area contributed by atoms with Crippen molar-refractivity contribution >= 4 is 16.9 Å². The van der Waals surface area contributed by atoms with Gasteiger partial charge in [0, 0.05) is 11.9 Å². The van der Waals surface area contributed by atoms with Gasteiger partial charge in [-0.05, 0) is 24.9 Å². The van der Waals surface area contributed by atoms with E-state index in [2.05, 4.69) is 11.8 Å². The van der Waals surface area contributed by atoms with Crippen LogP contribution < -0.4 is 0 Å². The van der Waals surface area contributed by atoms with E-state index in [1.807, 2.05) is 18.2 Å². The minimum atomic E-state index is -0.910. The Labute approximate surface area is 111 Å². The maximum atomic E-state index is 11.5. The smallest absolute Gasteiger partial charge is 0.339 e. The van der Waals surface area contributed by atoms with Crippen LogP contribution in [-0.2, 0) is 6.54 Å². The molecular weight excluding hydrogens is 242 g/mol. The molecule has 2 aromatic rings. The summed E-state index contributed by atoms with van der Waals surface area (Å²) in [4.78, 5) is 13.7. The first kappa shape index (κ1) is 12.2. The maximum absolute atomic E-state index is 11.5. The normalized spacial score (nSPS) is 20.2.